The van der Waals surface area contributed by atoms with Gasteiger partial charge in [-0.3, -0.25) is 4.79 Å². The summed E-state index contributed by atoms with van der Waals surface area (Å²) in [4.78, 5) is 25.1. The van der Waals surface area contributed by atoms with E-state index in [9.17, 15) is 9.59 Å². The molecule has 3 rings (SSSR count). The Morgan fingerprint density at radius 1 is 1.17 bits per heavy atom. The molecule has 2 N–H and O–H groups in total. The molecule has 1 saturated heterocycles. The second kappa shape index (κ2) is 7.55. The number of fused-ring (bicyclic) bond motifs is 1. The molecule has 6 nitrogen and oxygen atoms in total. The van der Waals surface area contributed by atoms with Crippen LogP contribution in [-0.2, 0) is 11.2 Å². The number of nitrogens with one attached hydrogen (secondary N) is 2. The van der Waals surface area contributed by atoms with E-state index in [1.54, 1.807) is 0 Å². The third-order valence-corrected chi connectivity index (χ3v) is 4.74. The smallest absolute Gasteiger partial charge is 0.317 e. The molecule has 1 aromatic rings. The van der Waals surface area contributed by atoms with Crippen LogP contribution in [-0.4, -0.2) is 49.1 Å². The molecule has 1 atom stereocenters. The number of likely N-dealkylation sites (tertiary alicyclic amines) is 1. The molecule has 0 radical (unpaired) electrons. The van der Waals surface area contributed by atoms with Crippen LogP contribution in [0.5, 0.6) is 5.75 Å². The first-order chi connectivity index (χ1) is 11.6. The Morgan fingerprint density at radius 2 is 1.92 bits per heavy atom. The van der Waals surface area contributed by atoms with Gasteiger partial charge in [0, 0.05) is 33.0 Å². The van der Waals surface area contributed by atoms with Crippen LogP contribution in [0.1, 0.15) is 25.3 Å². The zero-order valence-corrected chi connectivity index (χ0v) is 14.1. The second-order valence-electron chi connectivity index (χ2n) is 6.61. The van der Waals surface area contributed by atoms with Gasteiger partial charge in [0.2, 0.25) is 5.91 Å². The molecule has 6 heteroatoms. The van der Waals surface area contributed by atoms with Crippen molar-refractivity contribution >= 4 is 11.9 Å². The number of carbonyl (C=O) groups excluding carboxylic acids is 2. The van der Waals surface area contributed by atoms with Crippen molar-refractivity contribution < 1.29 is 14.3 Å². The van der Waals surface area contributed by atoms with Gasteiger partial charge >= 0.3 is 6.03 Å². The Balaban J connectivity index is 1.37. The number of hydrogen-bond acceptors (Lipinski definition) is 3. The van der Waals surface area contributed by atoms with E-state index in [1.807, 2.05) is 23.1 Å². The first-order valence-corrected chi connectivity index (χ1v) is 8.63. The van der Waals surface area contributed by atoms with E-state index in [0.29, 0.717) is 19.0 Å². The number of hydrogen-bond donors (Lipinski definition) is 2. The lowest BCUT2D eigenvalue weighted by Gasteiger charge is -2.32. The van der Waals surface area contributed by atoms with Crippen LogP contribution in [0, 0.1) is 5.92 Å². The number of piperidine rings is 1. The number of carbonyl (C=O) groups is 2. The average Bonchev–Trinajstić information content (AvgIpc) is 3.01. The Labute approximate surface area is 142 Å². The van der Waals surface area contributed by atoms with E-state index >= 15 is 0 Å². The van der Waals surface area contributed by atoms with Gasteiger partial charge in [0.1, 0.15) is 11.9 Å². The summed E-state index contributed by atoms with van der Waals surface area (Å²) in [6.45, 7) is 4.24. The predicted octanol–water partition coefficient (Wildman–Crippen LogP) is 1.55. The SMILES string of the molecule is CC(=O)NCC1CCN(C(=O)NC[C@H]2Cc3ccccc3O2)CC1. The molecule has 1 fully saturated rings. The summed E-state index contributed by atoms with van der Waals surface area (Å²) in [6, 6.07) is 7.99. The normalized spacial score (nSPS) is 20.2. The lowest BCUT2D eigenvalue weighted by atomic mass is 9.97. The summed E-state index contributed by atoms with van der Waals surface area (Å²) >= 11 is 0. The fourth-order valence-corrected chi connectivity index (χ4v) is 3.31. The molecule has 0 spiro atoms. The largest absolute Gasteiger partial charge is 0.488 e. The lowest BCUT2D eigenvalue weighted by Crippen LogP contribution is -2.47. The van der Waals surface area contributed by atoms with E-state index in [-0.39, 0.29) is 18.0 Å². The van der Waals surface area contributed by atoms with Crippen molar-refractivity contribution in [3.05, 3.63) is 29.8 Å². The molecule has 24 heavy (non-hydrogen) atoms. The fourth-order valence-electron chi connectivity index (χ4n) is 3.31. The molecule has 2 aliphatic heterocycles. The number of rotatable bonds is 4. The highest BCUT2D eigenvalue weighted by atomic mass is 16.5. The molecule has 130 valence electrons. The first-order valence-electron chi connectivity index (χ1n) is 8.63. The lowest BCUT2D eigenvalue weighted by molar-refractivity contribution is -0.119. The fraction of sp³-hybridized carbons (Fsp3) is 0.556. The average molecular weight is 331 g/mol. The van der Waals surface area contributed by atoms with Crippen molar-refractivity contribution in [2.45, 2.75) is 32.3 Å². The minimum Gasteiger partial charge on any atom is -0.488 e. The minimum atomic E-state index is -0.0208. The molecule has 1 aromatic carbocycles. The number of para-hydroxylation sites is 1. The van der Waals surface area contributed by atoms with Crippen molar-refractivity contribution in [2.24, 2.45) is 5.92 Å². The highest BCUT2D eigenvalue weighted by Gasteiger charge is 2.26. The van der Waals surface area contributed by atoms with Gasteiger partial charge in [0.25, 0.3) is 0 Å². The maximum Gasteiger partial charge on any atom is 0.317 e. The van der Waals surface area contributed by atoms with E-state index in [0.717, 1.165) is 38.1 Å². The van der Waals surface area contributed by atoms with Gasteiger partial charge in [0.05, 0.1) is 6.54 Å². The third kappa shape index (κ3) is 4.19. The molecular weight excluding hydrogens is 306 g/mol. The van der Waals surface area contributed by atoms with E-state index in [4.69, 9.17) is 4.74 Å². The monoisotopic (exact) mass is 331 g/mol. The van der Waals surface area contributed by atoms with Crippen molar-refractivity contribution in [2.75, 3.05) is 26.2 Å². The van der Waals surface area contributed by atoms with Crippen molar-refractivity contribution in [3.8, 4) is 5.75 Å². The van der Waals surface area contributed by atoms with Gasteiger partial charge in [-0.05, 0) is 30.4 Å². The topological polar surface area (TPSA) is 70.7 Å². The number of urea groups is 1. The number of benzene rings is 1. The zero-order valence-electron chi connectivity index (χ0n) is 14.1. The molecular formula is C18H25N3O3. The molecule has 0 saturated carbocycles. The van der Waals surface area contributed by atoms with Gasteiger partial charge < -0.3 is 20.3 Å². The van der Waals surface area contributed by atoms with E-state index < -0.39 is 0 Å². The van der Waals surface area contributed by atoms with E-state index in [2.05, 4.69) is 16.7 Å². The van der Waals surface area contributed by atoms with Crippen LogP contribution >= 0.6 is 0 Å². The highest BCUT2D eigenvalue weighted by Crippen LogP contribution is 2.27. The van der Waals surface area contributed by atoms with Gasteiger partial charge in [-0.2, -0.15) is 0 Å². The van der Waals surface area contributed by atoms with Crippen LogP contribution in [0.4, 0.5) is 4.79 Å². The highest BCUT2D eigenvalue weighted by molar-refractivity contribution is 5.74. The molecule has 2 heterocycles. The number of nitrogens with zero attached hydrogens (tertiary/aromatic N) is 1. The summed E-state index contributed by atoms with van der Waals surface area (Å²) in [7, 11) is 0. The maximum absolute atomic E-state index is 12.3. The van der Waals surface area contributed by atoms with Gasteiger partial charge in [-0.1, -0.05) is 18.2 Å². The van der Waals surface area contributed by atoms with E-state index in [1.165, 1.54) is 12.5 Å². The molecule has 3 amide bonds. The molecule has 0 aliphatic carbocycles. The summed E-state index contributed by atoms with van der Waals surface area (Å²) < 4.78 is 5.84. The minimum absolute atomic E-state index is 0.00716. The molecule has 0 bridgehead atoms. The van der Waals surface area contributed by atoms with Crippen molar-refractivity contribution in [1.82, 2.24) is 15.5 Å². The zero-order chi connectivity index (χ0) is 16.9. The third-order valence-electron chi connectivity index (χ3n) is 4.74. The van der Waals surface area contributed by atoms with Crippen LogP contribution < -0.4 is 15.4 Å². The Kier molecular flexibility index (Phi) is 5.23. The van der Waals surface area contributed by atoms with Crippen LogP contribution in [0.25, 0.3) is 0 Å². The quantitative estimate of drug-likeness (QED) is 0.879. The Bertz CT molecular complexity index is 572. The first kappa shape index (κ1) is 16.6. The summed E-state index contributed by atoms with van der Waals surface area (Å²) in [5, 5.41) is 5.84. The number of ether oxygens (including phenoxy) is 1. The van der Waals surface area contributed by atoms with Crippen LogP contribution in [0.3, 0.4) is 0 Å². The van der Waals surface area contributed by atoms with Gasteiger partial charge in [0.15, 0.2) is 0 Å². The van der Waals surface area contributed by atoms with Gasteiger partial charge in [-0.25, -0.2) is 4.79 Å². The van der Waals surface area contributed by atoms with Crippen LogP contribution in [0.15, 0.2) is 24.3 Å². The molecule has 0 unspecified atom stereocenters. The van der Waals surface area contributed by atoms with Crippen LogP contribution in [0.2, 0.25) is 0 Å². The molecule has 2 aliphatic rings. The number of amides is 3. The maximum atomic E-state index is 12.3. The predicted molar refractivity (Wildman–Crippen MR) is 90.9 cm³/mol. The summed E-state index contributed by atoms with van der Waals surface area (Å²) in [5.74, 6) is 1.40. The Morgan fingerprint density at radius 3 is 2.62 bits per heavy atom. The van der Waals surface area contributed by atoms with Crippen molar-refractivity contribution in [1.29, 1.82) is 0 Å². The summed E-state index contributed by atoms with van der Waals surface area (Å²) in [6.07, 6.45) is 2.72. The second-order valence-corrected chi connectivity index (χ2v) is 6.61. The van der Waals surface area contributed by atoms with Gasteiger partial charge in [-0.15, -0.1) is 0 Å². The standard InChI is InChI=1S/C18H25N3O3/c1-13(22)19-11-14-6-8-21(9-7-14)18(23)20-12-16-10-15-4-2-3-5-17(15)24-16/h2-5,14,16H,6-12H2,1H3,(H,19,22)(H,20,23)/t16-/m1/s1. The Hall–Kier alpha value is -2.24. The van der Waals surface area contributed by atoms with Crippen molar-refractivity contribution in [3.63, 3.8) is 0 Å². The molecule has 0 aromatic heterocycles. The summed E-state index contributed by atoms with van der Waals surface area (Å²) in [5.41, 5.74) is 1.20.